The number of fused-ring (bicyclic) bond motifs is 1. The Morgan fingerprint density at radius 2 is 2.16 bits per heavy atom. The van der Waals surface area contributed by atoms with Crippen molar-refractivity contribution in [2.24, 2.45) is 0 Å². The molecule has 2 amide bonds. The lowest BCUT2D eigenvalue weighted by atomic mass is 10.2. The van der Waals surface area contributed by atoms with E-state index in [4.69, 9.17) is 16.3 Å². The van der Waals surface area contributed by atoms with Crippen LogP contribution in [0.4, 0.5) is 9.93 Å². The van der Waals surface area contributed by atoms with Gasteiger partial charge in [0, 0.05) is 27.8 Å². The number of aromatic nitrogens is 1. The molecule has 3 rings (SSSR count). The number of carbonyl (C=O) groups excluding carboxylic acids is 2. The lowest BCUT2D eigenvalue weighted by Crippen LogP contribution is -2.35. The van der Waals surface area contributed by atoms with Crippen molar-refractivity contribution in [1.82, 2.24) is 9.88 Å². The zero-order valence-corrected chi connectivity index (χ0v) is 15.8. The van der Waals surface area contributed by atoms with Gasteiger partial charge in [-0.15, -0.1) is 11.8 Å². The zero-order chi connectivity index (χ0) is 17.8. The topological polar surface area (TPSA) is 71.5 Å². The Bertz CT molecular complexity index is 779. The number of benzene rings is 1. The van der Waals surface area contributed by atoms with Crippen LogP contribution >= 0.6 is 34.7 Å². The molecule has 0 saturated carbocycles. The van der Waals surface area contributed by atoms with Crippen molar-refractivity contribution in [1.29, 1.82) is 0 Å². The third kappa shape index (κ3) is 4.65. The number of nitrogens with zero attached hydrogens (tertiary/aromatic N) is 2. The quantitative estimate of drug-likeness (QED) is 0.797. The van der Waals surface area contributed by atoms with E-state index in [9.17, 15) is 9.59 Å². The molecule has 0 radical (unpaired) electrons. The molecule has 6 nitrogen and oxygen atoms in total. The van der Waals surface area contributed by atoms with E-state index in [1.807, 2.05) is 12.1 Å². The summed E-state index contributed by atoms with van der Waals surface area (Å²) in [6.45, 7) is 1.04. The summed E-state index contributed by atoms with van der Waals surface area (Å²) in [5.74, 6) is 0.177. The summed E-state index contributed by atoms with van der Waals surface area (Å²) in [5.41, 5.74) is 0.936. The van der Waals surface area contributed by atoms with Gasteiger partial charge in [0.2, 0.25) is 5.91 Å². The molecule has 0 atom stereocenters. The SMILES string of the molecule is COC(=O)N1CCc2nc(NC(=O)CSc3ccc(Cl)cc3)sc2C1. The van der Waals surface area contributed by atoms with Gasteiger partial charge in [0.25, 0.3) is 0 Å². The third-order valence-corrected chi connectivity index (χ3v) is 5.86. The maximum absolute atomic E-state index is 12.1. The second-order valence-electron chi connectivity index (χ2n) is 5.32. The molecular weight excluding hydrogens is 382 g/mol. The summed E-state index contributed by atoms with van der Waals surface area (Å²) >= 11 is 8.68. The van der Waals surface area contributed by atoms with E-state index in [1.54, 1.807) is 17.0 Å². The predicted molar refractivity (Wildman–Crippen MR) is 99.4 cm³/mol. The lowest BCUT2D eigenvalue weighted by Gasteiger charge is -2.24. The molecule has 2 heterocycles. The maximum atomic E-state index is 12.1. The second-order valence-corrected chi connectivity index (χ2v) is 7.89. The Kier molecular flexibility index (Phi) is 5.82. The molecule has 9 heteroatoms. The number of anilines is 1. The van der Waals surface area contributed by atoms with Gasteiger partial charge < -0.3 is 15.0 Å². The number of ether oxygens (including phenoxy) is 1. The minimum atomic E-state index is -0.344. The van der Waals surface area contributed by atoms with Gasteiger partial charge in [-0.2, -0.15) is 0 Å². The highest BCUT2D eigenvalue weighted by atomic mass is 35.5. The van der Waals surface area contributed by atoms with Crippen LogP contribution in [-0.2, 0) is 22.5 Å². The number of halogens is 1. The Balaban J connectivity index is 1.55. The minimum Gasteiger partial charge on any atom is -0.453 e. The number of hydrogen-bond acceptors (Lipinski definition) is 6. The third-order valence-electron chi connectivity index (χ3n) is 3.59. The minimum absolute atomic E-state index is 0.115. The monoisotopic (exact) mass is 397 g/mol. The van der Waals surface area contributed by atoms with E-state index in [-0.39, 0.29) is 12.0 Å². The highest BCUT2D eigenvalue weighted by Gasteiger charge is 2.24. The molecule has 1 aliphatic heterocycles. The molecule has 2 aromatic rings. The van der Waals surface area contributed by atoms with Crippen molar-refractivity contribution in [3.05, 3.63) is 39.9 Å². The van der Waals surface area contributed by atoms with Gasteiger partial charge in [-0.3, -0.25) is 4.79 Å². The average molecular weight is 398 g/mol. The molecule has 0 unspecified atom stereocenters. The van der Waals surface area contributed by atoms with Gasteiger partial charge >= 0.3 is 6.09 Å². The maximum Gasteiger partial charge on any atom is 0.409 e. The lowest BCUT2D eigenvalue weighted by molar-refractivity contribution is -0.113. The van der Waals surface area contributed by atoms with Crippen molar-refractivity contribution >= 4 is 51.8 Å². The van der Waals surface area contributed by atoms with Crippen LogP contribution in [0.5, 0.6) is 0 Å². The fraction of sp³-hybridized carbons (Fsp3) is 0.312. The number of hydrogen-bond donors (Lipinski definition) is 1. The van der Waals surface area contributed by atoms with Gasteiger partial charge in [-0.1, -0.05) is 22.9 Å². The van der Waals surface area contributed by atoms with E-state index in [0.29, 0.717) is 35.4 Å². The predicted octanol–water partition coefficient (Wildman–Crippen LogP) is 3.65. The number of methoxy groups -OCH3 is 1. The van der Waals surface area contributed by atoms with E-state index in [2.05, 4.69) is 10.3 Å². The molecule has 1 aromatic carbocycles. The summed E-state index contributed by atoms with van der Waals surface area (Å²) in [7, 11) is 1.37. The van der Waals surface area contributed by atoms with E-state index < -0.39 is 0 Å². The van der Waals surface area contributed by atoms with Gasteiger partial charge in [-0.25, -0.2) is 9.78 Å². The van der Waals surface area contributed by atoms with Crippen molar-refractivity contribution in [3.63, 3.8) is 0 Å². The highest BCUT2D eigenvalue weighted by molar-refractivity contribution is 8.00. The highest BCUT2D eigenvalue weighted by Crippen LogP contribution is 2.29. The van der Waals surface area contributed by atoms with Crippen LogP contribution in [0.2, 0.25) is 5.02 Å². The average Bonchev–Trinajstić information content (AvgIpc) is 3.01. The fourth-order valence-electron chi connectivity index (χ4n) is 2.37. The molecule has 0 saturated heterocycles. The second kappa shape index (κ2) is 8.07. The smallest absolute Gasteiger partial charge is 0.409 e. The van der Waals surface area contributed by atoms with Crippen LogP contribution in [-0.4, -0.2) is 41.3 Å². The first-order valence-electron chi connectivity index (χ1n) is 7.55. The summed E-state index contributed by atoms with van der Waals surface area (Å²) in [6.07, 6.45) is 0.320. The fourth-order valence-corrected chi connectivity index (χ4v) is 4.23. The van der Waals surface area contributed by atoms with Crippen LogP contribution in [0.25, 0.3) is 0 Å². The van der Waals surface area contributed by atoms with E-state index >= 15 is 0 Å². The summed E-state index contributed by atoms with van der Waals surface area (Å²) in [5, 5.41) is 4.06. The molecule has 1 N–H and O–H groups in total. The molecule has 1 aromatic heterocycles. The van der Waals surface area contributed by atoms with Crippen molar-refractivity contribution in [3.8, 4) is 0 Å². The first kappa shape index (κ1) is 18.0. The Labute approximate surface area is 158 Å². The molecule has 1 aliphatic rings. The van der Waals surface area contributed by atoms with Gasteiger partial charge in [0.15, 0.2) is 5.13 Å². The van der Waals surface area contributed by atoms with Gasteiger partial charge in [0.1, 0.15) is 0 Å². The number of thioether (sulfide) groups is 1. The first-order valence-corrected chi connectivity index (χ1v) is 9.73. The zero-order valence-electron chi connectivity index (χ0n) is 13.5. The Hall–Kier alpha value is -1.77. The first-order chi connectivity index (χ1) is 12.0. The molecule has 132 valence electrons. The van der Waals surface area contributed by atoms with Gasteiger partial charge in [0.05, 0.1) is 25.1 Å². The number of amides is 2. The summed E-state index contributed by atoms with van der Waals surface area (Å²) in [4.78, 5) is 31.8. The standard InChI is InChI=1S/C16H16ClN3O3S2/c1-23-16(22)20-7-6-12-13(8-20)25-15(18-12)19-14(21)9-24-11-4-2-10(17)3-5-11/h2-5H,6-9H2,1H3,(H,18,19,21). The molecule has 0 fully saturated rings. The van der Waals surface area contributed by atoms with Gasteiger partial charge in [-0.05, 0) is 24.3 Å². The largest absolute Gasteiger partial charge is 0.453 e. The molecule has 0 aliphatic carbocycles. The molecule has 0 spiro atoms. The molecular formula is C16H16ClN3O3S2. The summed E-state index contributed by atoms with van der Waals surface area (Å²) in [6, 6.07) is 7.35. The Morgan fingerprint density at radius 1 is 1.40 bits per heavy atom. The van der Waals surface area contributed by atoms with Crippen LogP contribution < -0.4 is 5.32 Å². The van der Waals surface area contributed by atoms with Crippen molar-refractivity contribution in [2.75, 3.05) is 24.7 Å². The van der Waals surface area contributed by atoms with E-state index in [1.165, 1.54) is 30.2 Å². The van der Waals surface area contributed by atoms with Crippen molar-refractivity contribution in [2.45, 2.75) is 17.9 Å². The number of thiazole rings is 1. The van der Waals surface area contributed by atoms with E-state index in [0.717, 1.165) is 15.5 Å². The number of carbonyl (C=O) groups is 2. The molecule has 0 bridgehead atoms. The normalized spacial score (nSPS) is 13.3. The van der Waals surface area contributed by atoms with Crippen LogP contribution in [0.15, 0.2) is 29.2 Å². The van der Waals surface area contributed by atoms with Crippen LogP contribution in [0.1, 0.15) is 10.6 Å². The molecule has 25 heavy (non-hydrogen) atoms. The van der Waals surface area contributed by atoms with Crippen LogP contribution in [0, 0.1) is 0 Å². The number of rotatable bonds is 4. The summed E-state index contributed by atoms with van der Waals surface area (Å²) < 4.78 is 4.75. The number of nitrogens with one attached hydrogen (secondary N) is 1. The van der Waals surface area contributed by atoms with Crippen LogP contribution in [0.3, 0.4) is 0 Å². The Morgan fingerprint density at radius 3 is 2.88 bits per heavy atom. The van der Waals surface area contributed by atoms with Crippen molar-refractivity contribution < 1.29 is 14.3 Å².